The van der Waals surface area contributed by atoms with E-state index in [0.29, 0.717) is 0 Å². The Morgan fingerprint density at radius 1 is 1.08 bits per heavy atom. The van der Waals surface area contributed by atoms with Crippen molar-refractivity contribution in [3.63, 3.8) is 0 Å². The van der Waals surface area contributed by atoms with Crippen molar-refractivity contribution < 1.29 is 4.79 Å². The minimum Gasteiger partial charge on any atom is -0.356 e. The van der Waals surface area contributed by atoms with E-state index in [1.54, 1.807) is 0 Å². The largest absolute Gasteiger partial charge is 0.356 e. The van der Waals surface area contributed by atoms with Crippen LogP contribution >= 0.6 is 0 Å². The molecule has 1 aromatic carbocycles. The fourth-order valence-electron chi connectivity index (χ4n) is 2.80. The molecule has 2 aromatic rings. The summed E-state index contributed by atoms with van der Waals surface area (Å²) in [6, 6.07) is 9.63. The van der Waals surface area contributed by atoms with Gasteiger partial charge >= 0.3 is 0 Å². The number of rotatable bonds is 5. The Kier molecular flexibility index (Phi) is 5.16. The maximum atomic E-state index is 11.7. The quantitative estimate of drug-likeness (QED) is 0.869. The van der Waals surface area contributed by atoms with Crippen LogP contribution in [0, 0.1) is 12.8 Å². The zero-order valence-corrected chi connectivity index (χ0v) is 15.0. The molecule has 0 atom stereocenters. The molecule has 25 heavy (non-hydrogen) atoms. The lowest BCUT2D eigenvalue weighted by molar-refractivity contribution is -0.118. The van der Waals surface area contributed by atoms with Crippen LogP contribution in [0.25, 0.3) is 0 Å². The van der Waals surface area contributed by atoms with Gasteiger partial charge in [0.1, 0.15) is 17.5 Å². The molecule has 1 saturated heterocycles. The lowest BCUT2D eigenvalue weighted by atomic mass is 10.2. The highest BCUT2D eigenvalue weighted by Crippen LogP contribution is 2.23. The van der Waals surface area contributed by atoms with Gasteiger partial charge in [-0.25, -0.2) is 9.97 Å². The molecule has 6 nitrogen and oxygen atoms in total. The molecule has 0 aliphatic carbocycles. The second-order valence-corrected chi connectivity index (χ2v) is 6.70. The highest BCUT2D eigenvalue weighted by Gasteiger charge is 2.15. The van der Waals surface area contributed by atoms with Crippen molar-refractivity contribution in [3.8, 4) is 0 Å². The smallest absolute Gasteiger partial charge is 0.226 e. The summed E-state index contributed by atoms with van der Waals surface area (Å²) in [5, 5.41) is 6.21. The van der Waals surface area contributed by atoms with Gasteiger partial charge in [-0.2, -0.15) is 0 Å². The van der Waals surface area contributed by atoms with E-state index < -0.39 is 0 Å². The van der Waals surface area contributed by atoms with Crippen molar-refractivity contribution in [2.45, 2.75) is 33.6 Å². The number of nitrogens with one attached hydrogen (secondary N) is 2. The van der Waals surface area contributed by atoms with E-state index in [0.717, 1.165) is 41.9 Å². The Hall–Kier alpha value is -2.63. The fraction of sp³-hybridized carbons (Fsp3) is 0.421. The van der Waals surface area contributed by atoms with E-state index in [2.05, 4.69) is 25.5 Å². The van der Waals surface area contributed by atoms with Crippen molar-refractivity contribution in [3.05, 3.63) is 36.2 Å². The molecular weight excluding hydrogens is 314 g/mol. The van der Waals surface area contributed by atoms with Gasteiger partial charge in [0, 0.05) is 36.4 Å². The van der Waals surface area contributed by atoms with Gasteiger partial charge in [-0.05, 0) is 44.0 Å². The standard InChI is InChI=1S/C19H25N5O/c1-13(2)19(25)23-16-8-6-15(7-9-16)22-17-12-18(21-14(3)20-17)24-10-4-5-11-24/h6-9,12-13H,4-5,10-11H2,1-3H3,(H,23,25)(H,20,21,22). The molecule has 0 saturated carbocycles. The monoisotopic (exact) mass is 339 g/mol. The van der Waals surface area contributed by atoms with Crippen LogP contribution in [0.4, 0.5) is 23.0 Å². The molecule has 2 N–H and O–H groups in total. The first-order valence-corrected chi connectivity index (χ1v) is 8.80. The first kappa shape index (κ1) is 17.2. The minimum atomic E-state index is -0.0363. The van der Waals surface area contributed by atoms with Gasteiger partial charge in [-0.1, -0.05) is 13.8 Å². The number of hydrogen-bond donors (Lipinski definition) is 2. The van der Waals surface area contributed by atoms with Crippen LogP contribution in [0.15, 0.2) is 30.3 Å². The summed E-state index contributed by atoms with van der Waals surface area (Å²) in [6.07, 6.45) is 2.44. The van der Waals surface area contributed by atoms with Crippen LogP contribution in [0.1, 0.15) is 32.5 Å². The number of aromatic nitrogens is 2. The third-order valence-corrected chi connectivity index (χ3v) is 4.20. The molecule has 1 aliphatic rings. The van der Waals surface area contributed by atoms with E-state index in [1.807, 2.05) is 51.1 Å². The predicted octanol–water partition coefficient (Wildman–Crippen LogP) is 3.72. The number of carbonyl (C=O) groups is 1. The van der Waals surface area contributed by atoms with Crippen molar-refractivity contribution in [2.24, 2.45) is 5.92 Å². The molecule has 132 valence electrons. The van der Waals surface area contributed by atoms with E-state index in [1.165, 1.54) is 12.8 Å². The average Bonchev–Trinajstić information content (AvgIpc) is 3.10. The Labute approximate surface area is 148 Å². The number of anilines is 4. The van der Waals surface area contributed by atoms with E-state index in [4.69, 9.17) is 0 Å². The topological polar surface area (TPSA) is 70.2 Å². The van der Waals surface area contributed by atoms with E-state index in [9.17, 15) is 4.79 Å². The molecule has 6 heteroatoms. The summed E-state index contributed by atoms with van der Waals surface area (Å²) in [7, 11) is 0. The number of hydrogen-bond acceptors (Lipinski definition) is 5. The zero-order valence-electron chi connectivity index (χ0n) is 15.0. The van der Waals surface area contributed by atoms with Gasteiger partial charge in [0.2, 0.25) is 5.91 Å². The number of benzene rings is 1. The number of aryl methyl sites for hydroxylation is 1. The zero-order chi connectivity index (χ0) is 17.8. The lowest BCUT2D eigenvalue weighted by Gasteiger charge is -2.18. The summed E-state index contributed by atoms with van der Waals surface area (Å²) < 4.78 is 0. The third kappa shape index (κ3) is 4.47. The molecule has 1 fully saturated rings. The van der Waals surface area contributed by atoms with Gasteiger partial charge in [-0.15, -0.1) is 0 Å². The lowest BCUT2D eigenvalue weighted by Crippen LogP contribution is -2.19. The molecule has 0 unspecified atom stereocenters. The highest BCUT2D eigenvalue weighted by molar-refractivity contribution is 5.92. The van der Waals surface area contributed by atoms with Crippen LogP contribution in [0.5, 0.6) is 0 Å². The SMILES string of the molecule is Cc1nc(Nc2ccc(NC(=O)C(C)C)cc2)cc(N2CCCC2)n1. The Balaban J connectivity index is 1.70. The second-order valence-electron chi connectivity index (χ2n) is 6.70. The maximum absolute atomic E-state index is 11.7. The van der Waals surface area contributed by atoms with Gasteiger partial charge < -0.3 is 15.5 Å². The molecule has 0 spiro atoms. The highest BCUT2D eigenvalue weighted by atomic mass is 16.1. The van der Waals surface area contributed by atoms with Crippen molar-refractivity contribution in [2.75, 3.05) is 28.6 Å². The second kappa shape index (κ2) is 7.51. The molecule has 0 bridgehead atoms. The van der Waals surface area contributed by atoms with Gasteiger partial charge in [0.25, 0.3) is 0 Å². The summed E-state index contributed by atoms with van der Waals surface area (Å²) in [5.74, 6) is 2.50. The van der Waals surface area contributed by atoms with Gasteiger partial charge in [0.05, 0.1) is 0 Å². The van der Waals surface area contributed by atoms with Crippen molar-refractivity contribution >= 4 is 28.9 Å². The van der Waals surface area contributed by atoms with Crippen LogP contribution < -0.4 is 15.5 Å². The fourth-order valence-corrected chi connectivity index (χ4v) is 2.80. The maximum Gasteiger partial charge on any atom is 0.226 e. The summed E-state index contributed by atoms with van der Waals surface area (Å²) in [5.41, 5.74) is 1.72. The summed E-state index contributed by atoms with van der Waals surface area (Å²) >= 11 is 0. The van der Waals surface area contributed by atoms with Gasteiger partial charge in [0.15, 0.2) is 0 Å². The van der Waals surface area contributed by atoms with Crippen LogP contribution in [0.3, 0.4) is 0 Å². The van der Waals surface area contributed by atoms with Gasteiger partial charge in [-0.3, -0.25) is 4.79 Å². The molecular formula is C19H25N5O. The molecule has 1 aliphatic heterocycles. The van der Waals surface area contributed by atoms with E-state index >= 15 is 0 Å². The Bertz CT molecular complexity index is 736. The molecule has 1 amide bonds. The van der Waals surface area contributed by atoms with Crippen molar-refractivity contribution in [1.29, 1.82) is 0 Å². The Morgan fingerprint density at radius 2 is 1.72 bits per heavy atom. The summed E-state index contributed by atoms with van der Waals surface area (Å²) in [4.78, 5) is 23.1. The molecule has 0 radical (unpaired) electrons. The first-order chi connectivity index (χ1) is 12.0. The Morgan fingerprint density at radius 3 is 2.36 bits per heavy atom. The summed E-state index contributed by atoms with van der Waals surface area (Å²) in [6.45, 7) is 7.77. The van der Waals surface area contributed by atoms with Crippen LogP contribution in [-0.4, -0.2) is 29.0 Å². The van der Waals surface area contributed by atoms with Crippen molar-refractivity contribution in [1.82, 2.24) is 9.97 Å². The predicted molar refractivity (Wildman–Crippen MR) is 101 cm³/mol. The molecule has 1 aromatic heterocycles. The molecule has 2 heterocycles. The molecule has 3 rings (SSSR count). The average molecular weight is 339 g/mol. The normalized spacial score (nSPS) is 14.0. The third-order valence-electron chi connectivity index (χ3n) is 4.20. The minimum absolute atomic E-state index is 0.0161. The first-order valence-electron chi connectivity index (χ1n) is 8.80. The number of carbonyl (C=O) groups excluding carboxylic acids is 1. The number of nitrogens with zero attached hydrogens (tertiary/aromatic N) is 3. The van der Waals surface area contributed by atoms with E-state index in [-0.39, 0.29) is 11.8 Å². The van der Waals surface area contributed by atoms with Crippen LogP contribution in [0.2, 0.25) is 0 Å². The van der Waals surface area contributed by atoms with Crippen LogP contribution in [-0.2, 0) is 4.79 Å². The number of amides is 1.